The molecule has 1 saturated carbocycles. The first-order valence-corrected chi connectivity index (χ1v) is 9.92. The van der Waals surface area contributed by atoms with Crippen molar-refractivity contribution in [2.24, 2.45) is 5.92 Å². The lowest BCUT2D eigenvalue weighted by molar-refractivity contribution is -0.132. The van der Waals surface area contributed by atoms with Crippen LogP contribution in [0.4, 0.5) is 10.5 Å². The van der Waals surface area contributed by atoms with Gasteiger partial charge in [0.15, 0.2) is 5.78 Å². The van der Waals surface area contributed by atoms with E-state index in [4.69, 9.17) is 0 Å². The quantitative estimate of drug-likeness (QED) is 0.616. The summed E-state index contributed by atoms with van der Waals surface area (Å²) < 4.78 is 0. The van der Waals surface area contributed by atoms with Crippen LogP contribution in [0.2, 0.25) is 0 Å². The van der Waals surface area contributed by atoms with Crippen LogP contribution in [0.5, 0.6) is 0 Å². The molecule has 3 rings (SSSR count). The molecule has 0 bridgehead atoms. The van der Waals surface area contributed by atoms with Crippen molar-refractivity contribution >= 4 is 23.4 Å². The predicted molar refractivity (Wildman–Crippen MR) is 105 cm³/mol. The van der Waals surface area contributed by atoms with Crippen LogP contribution >= 0.6 is 0 Å². The number of nitrogens with zero attached hydrogens (tertiary/aromatic N) is 2. The molecule has 0 aromatic heterocycles. The van der Waals surface area contributed by atoms with E-state index >= 15 is 0 Å². The van der Waals surface area contributed by atoms with Crippen LogP contribution in [0.1, 0.15) is 56.8 Å². The van der Waals surface area contributed by atoms with E-state index in [1.165, 1.54) is 0 Å². The number of benzene rings is 1. The van der Waals surface area contributed by atoms with Gasteiger partial charge in [0.1, 0.15) is 5.54 Å². The molecule has 1 spiro atoms. The Kier molecular flexibility index (Phi) is 5.53. The number of nitrogens with one attached hydrogen (secondary N) is 1. The Morgan fingerprint density at radius 2 is 1.74 bits per heavy atom. The molecule has 0 unspecified atom stereocenters. The first-order valence-electron chi connectivity index (χ1n) is 9.92. The van der Waals surface area contributed by atoms with E-state index in [-0.39, 0.29) is 18.2 Å². The van der Waals surface area contributed by atoms with Gasteiger partial charge in [-0.15, -0.1) is 0 Å². The van der Waals surface area contributed by atoms with Crippen LogP contribution in [-0.4, -0.2) is 47.8 Å². The fourth-order valence-electron chi connectivity index (χ4n) is 4.10. The molecule has 2 aliphatic rings. The summed E-state index contributed by atoms with van der Waals surface area (Å²) >= 11 is 0. The van der Waals surface area contributed by atoms with E-state index in [1.807, 2.05) is 12.1 Å². The number of rotatable bonds is 6. The molecule has 2 fully saturated rings. The number of imide groups is 1. The minimum absolute atomic E-state index is 0.202. The SMILES string of the molecule is CCN(CC)c1ccc(C(=O)CN2C(=O)NC3(CCC(C)CC3)C2=O)cc1. The second-order valence-electron chi connectivity index (χ2n) is 7.73. The van der Waals surface area contributed by atoms with Gasteiger partial charge in [-0.2, -0.15) is 0 Å². The molecular formula is C21H29N3O3. The van der Waals surface area contributed by atoms with Crippen molar-refractivity contribution in [3.05, 3.63) is 29.8 Å². The van der Waals surface area contributed by atoms with Gasteiger partial charge in [-0.25, -0.2) is 4.79 Å². The van der Waals surface area contributed by atoms with Crippen LogP contribution in [0.15, 0.2) is 24.3 Å². The molecule has 0 radical (unpaired) electrons. The number of amides is 3. The maximum Gasteiger partial charge on any atom is 0.325 e. The number of urea groups is 1. The highest BCUT2D eigenvalue weighted by Crippen LogP contribution is 2.36. The Hall–Kier alpha value is -2.37. The zero-order valence-electron chi connectivity index (χ0n) is 16.5. The van der Waals surface area contributed by atoms with Crippen LogP contribution < -0.4 is 10.2 Å². The molecule has 1 aliphatic carbocycles. The molecular weight excluding hydrogens is 342 g/mol. The average molecular weight is 371 g/mol. The number of hydrogen-bond donors (Lipinski definition) is 1. The maximum atomic E-state index is 12.9. The third kappa shape index (κ3) is 3.70. The van der Waals surface area contributed by atoms with E-state index in [0.29, 0.717) is 24.3 Å². The van der Waals surface area contributed by atoms with Gasteiger partial charge in [0.25, 0.3) is 5.91 Å². The summed E-state index contributed by atoms with van der Waals surface area (Å²) in [6.07, 6.45) is 3.14. The van der Waals surface area contributed by atoms with Gasteiger partial charge in [0.05, 0.1) is 6.54 Å². The molecule has 0 atom stereocenters. The predicted octanol–water partition coefficient (Wildman–Crippen LogP) is 3.22. The van der Waals surface area contributed by atoms with Crippen molar-refractivity contribution in [3.8, 4) is 0 Å². The van der Waals surface area contributed by atoms with Crippen molar-refractivity contribution in [1.82, 2.24) is 10.2 Å². The lowest BCUT2D eigenvalue weighted by atomic mass is 9.77. The van der Waals surface area contributed by atoms with Crippen molar-refractivity contribution in [2.75, 3.05) is 24.5 Å². The summed E-state index contributed by atoms with van der Waals surface area (Å²) in [4.78, 5) is 41.2. The molecule has 1 aliphatic heterocycles. The Bertz CT molecular complexity index is 717. The Morgan fingerprint density at radius 1 is 1.15 bits per heavy atom. The van der Waals surface area contributed by atoms with Crippen molar-refractivity contribution in [3.63, 3.8) is 0 Å². The van der Waals surface area contributed by atoms with Gasteiger partial charge in [-0.3, -0.25) is 14.5 Å². The van der Waals surface area contributed by atoms with Crippen LogP contribution in [0.25, 0.3) is 0 Å². The zero-order valence-corrected chi connectivity index (χ0v) is 16.5. The summed E-state index contributed by atoms with van der Waals surface area (Å²) in [5.41, 5.74) is 0.780. The van der Waals surface area contributed by atoms with E-state index in [1.54, 1.807) is 12.1 Å². The Balaban J connectivity index is 1.69. The Morgan fingerprint density at radius 3 is 2.30 bits per heavy atom. The summed E-state index contributed by atoms with van der Waals surface area (Å²) in [6.45, 7) is 7.92. The third-order valence-corrected chi connectivity index (χ3v) is 5.99. The smallest absolute Gasteiger partial charge is 0.325 e. The fourth-order valence-corrected chi connectivity index (χ4v) is 4.10. The zero-order chi connectivity index (χ0) is 19.6. The molecule has 1 N–H and O–H groups in total. The standard InChI is InChI=1S/C21H29N3O3/c1-4-23(5-2)17-8-6-16(7-9-17)18(25)14-24-19(26)21(22-20(24)27)12-10-15(3)11-13-21/h6-9,15H,4-5,10-14H2,1-3H3,(H,22,27). The molecule has 6 nitrogen and oxygen atoms in total. The molecule has 146 valence electrons. The van der Waals surface area contributed by atoms with E-state index in [2.05, 4.69) is 31.0 Å². The summed E-state index contributed by atoms with van der Waals surface area (Å²) in [5.74, 6) is 0.110. The normalized spacial score (nSPS) is 25.0. The minimum Gasteiger partial charge on any atom is -0.372 e. The summed E-state index contributed by atoms with van der Waals surface area (Å²) in [5, 5.41) is 2.86. The van der Waals surface area contributed by atoms with E-state index in [0.717, 1.165) is 36.5 Å². The van der Waals surface area contributed by atoms with E-state index < -0.39 is 11.6 Å². The van der Waals surface area contributed by atoms with Gasteiger partial charge >= 0.3 is 6.03 Å². The highest BCUT2D eigenvalue weighted by atomic mass is 16.2. The minimum atomic E-state index is -0.795. The molecule has 1 aromatic carbocycles. The molecule has 6 heteroatoms. The number of Topliss-reactive ketones (excluding diaryl/α,β-unsaturated/α-hetero) is 1. The number of carbonyl (C=O) groups excluding carboxylic acids is 3. The molecule has 1 heterocycles. The fraction of sp³-hybridized carbons (Fsp3) is 0.571. The van der Waals surface area contributed by atoms with Gasteiger partial charge in [-0.1, -0.05) is 6.92 Å². The first-order chi connectivity index (χ1) is 12.9. The topological polar surface area (TPSA) is 69.7 Å². The monoisotopic (exact) mass is 371 g/mol. The Labute approximate surface area is 160 Å². The summed E-state index contributed by atoms with van der Waals surface area (Å²) in [7, 11) is 0. The molecule has 1 saturated heterocycles. The third-order valence-electron chi connectivity index (χ3n) is 5.99. The van der Waals surface area contributed by atoms with Crippen molar-refractivity contribution in [1.29, 1.82) is 0 Å². The van der Waals surface area contributed by atoms with Gasteiger partial charge < -0.3 is 10.2 Å². The van der Waals surface area contributed by atoms with Crippen LogP contribution in [0, 0.1) is 5.92 Å². The van der Waals surface area contributed by atoms with Crippen LogP contribution in [0.3, 0.4) is 0 Å². The van der Waals surface area contributed by atoms with Crippen molar-refractivity contribution in [2.45, 2.75) is 52.0 Å². The van der Waals surface area contributed by atoms with Gasteiger partial charge in [-0.05, 0) is 69.7 Å². The number of hydrogen-bond acceptors (Lipinski definition) is 4. The van der Waals surface area contributed by atoms with Gasteiger partial charge in [0, 0.05) is 24.3 Å². The number of carbonyl (C=O) groups is 3. The van der Waals surface area contributed by atoms with Crippen molar-refractivity contribution < 1.29 is 14.4 Å². The highest BCUT2D eigenvalue weighted by molar-refractivity contribution is 6.11. The molecule has 3 amide bonds. The lowest BCUT2D eigenvalue weighted by Gasteiger charge is -2.33. The molecule has 27 heavy (non-hydrogen) atoms. The lowest BCUT2D eigenvalue weighted by Crippen LogP contribution is -2.49. The summed E-state index contributed by atoms with van der Waals surface area (Å²) in [6, 6.07) is 6.92. The van der Waals surface area contributed by atoms with E-state index in [9.17, 15) is 14.4 Å². The van der Waals surface area contributed by atoms with Crippen LogP contribution in [-0.2, 0) is 4.79 Å². The first kappa shape index (κ1) is 19.4. The maximum absolute atomic E-state index is 12.9. The number of anilines is 1. The van der Waals surface area contributed by atoms with Gasteiger partial charge in [0.2, 0.25) is 0 Å². The molecule has 1 aromatic rings. The second kappa shape index (κ2) is 7.71. The highest BCUT2D eigenvalue weighted by Gasteiger charge is 2.52. The largest absolute Gasteiger partial charge is 0.372 e. The second-order valence-corrected chi connectivity index (χ2v) is 7.73. The number of ketones is 1. The average Bonchev–Trinajstić information content (AvgIpc) is 2.90.